The van der Waals surface area contributed by atoms with Crippen LogP contribution in [0.15, 0.2) is 91.5 Å². The summed E-state index contributed by atoms with van der Waals surface area (Å²) in [5, 5.41) is 8.28. The standard InChI is InChI=1S/C44H44Cl2F2N8O5/c1-5-39-42(51-38-22-40(58-4)36(46)21-35(38)45)55(28(2)3)43(57)56(39)32-9-7-30(8-10-32)52-16-18-53(19-17-52)31-11-13-33(14-12-31)59-23-41-60-25-44(61-41,24-54-27-49-26-50-54)34-15-6-29(47)20-37(34)48/h1,6-15,20-22,26-28,39,41-42,51H,16-19,23-25H2,2-4H3/t39?,41-,42?,44+/m0/s1. The fourth-order valence-electron chi connectivity index (χ4n) is 8.08. The second kappa shape index (κ2) is 17.7. The molecule has 4 heterocycles. The van der Waals surface area contributed by atoms with Gasteiger partial charge in [0.25, 0.3) is 0 Å². The Labute approximate surface area is 362 Å². The van der Waals surface area contributed by atoms with E-state index in [4.69, 9.17) is 48.6 Å². The van der Waals surface area contributed by atoms with Crippen LogP contribution in [-0.2, 0) is 21.6 Å². The summed E-state index contributed by atoms with van der Waals surface area (Å²) in [7, 11) is 1.52. The zero-order chi connectivity index (χ0) is 42.8. The minimum absolute atomic E-state index is 0.0105. The summed E-state index contributed by atoms with van der Waals surface area (Å²) in [5.74, 6) is 2.48. The number of ether oxygens (including phenoxy) is 4. The molecule has 61 heavy (non-hydrogen) atoms. The summed E-state index contributed by atoms with van der Waals surface area (Å²) < 4.78 is 53.9. The first-order chi connectivity index (χ1) is 29.5. The van der Waals surface area contributed by atoms with Crippen LogP contribution in [0.5, 0.6) is 11.5 Å². The van der Waals surface area contributed by atoms with Crippen molar-refractivity contribution in [3.8, 4) is 23.8 Å². The van der Waals surface area contributed by atoms with Gasteiger partial charge in [0.05, 0.1) is 36.0 Å². The monoisotopic (exact) mass is 872 g/mol. The van der Waals surface area contributed by atoms with Crippen LogP contribution < -0.4 is 29.5 Å². The maximum Gasteiger partial charge on any atom is 0.327 e. The fourth-order valence-corrected chi connectivity index (χ4v) is 8.59. The zero-order valence-electron chi connectivity index (χ0n) is 33.7. The van der Waals surface area contributed by atoms with Crippen molar-refractivity contribution < 1.29 is 32.5 Å². The lowest BCUT2D eigenvalue weighted by atomic mass is 9.94. The van der Waals surface area contributed by atoms with Crippen LogP contribution in [0.2, 0.25) is 10.0 Å². The molecule has 3 saturated heterocycles. The van der Waals surface area contributed by atoms with E-state index in [9.17, 15) is 13.6 Å². The zero-order valence-corrected chi connectivity index (χ0v) is 35.2. The molecule has 5 aromatic rings. The van der Waals surface area contributed by atoms with Crippen LogP contribution >= 0.6 is 23.2 Å². The van der Waals surface area contributed by atoms with Gasteiger partial charge in [0, 0.05) is 67.0 Å². The van der Waals surface area contributed by atoms with E-state index in [2.05, 4.69) is 31.1 Å². The Hall–Kier alpha value is -5.79. The number of benzene rings is 4. The Morgan fingerprint density at radius 1 is 0.951 bits per heavy atom. The molecule has 2 unspecified atom stereocenters. The summed E-state index contributed by atoms with van der Waals surface area (Å²) in [6, 6.07) is 21.4. The van der Waals surface area contributed by atoms with Gasteiger partial charge >= 0.3 is 6.03 Å². The van der Waals surface area contributed by atoms with Crippen molar-refractivity contribution in [3.63, 3.8) is 0 Å². The van der Waals surface area contributed by atoms with E-state index in [1.165, 1.54) is 36.6 Å². The summed E-state index contributed by atoms with van der Waals surface area (Å²) >= 11 is 12.8. The lowest BCUT2D eigenvalue weighted by Crippen LogP contribution is -2.46. The minimum Gasteiger partial charge on any atom is -0.495 e. The third-order valence-electron chi connectivity index (χ3n) is 11.1. The molecule has 0 spiro atoms. The van der Waals surface area contributed by atoms with Crippen molar-refractivity contribution in [1.82, 2.24) is 19.7 Å². The summed E-state index contributed by atoms with van der Waals surface area (Å²) in [6.07, 6.45) is 7.60. The SMILES string of the molecule is C#CC1C(Nc2cc(OC)c(Cl)cc2Cl)N(C(C)C)C(=O)N1c1ccc(N2CCN(c3ccc(OC[C@H]4OC[C@](Cn5cncn5)(c5ccc(F)cc5F)O4)cc3)CC2)cc1. The highest BCUT2D eigenvalue weighted by Gasteiger charge is 2.48. The third-order valence-corrected chi connectivity index (χ3v) is 11.7. The number of hydrogen-bond donors (Lipinski definition) is 1. The van der Waals surface area contributed by atoms with Crippen molar-refractivity contribution in [1.29, 1.82) is 0 Å². The average Bonchev–Trinajstić information content (AvgIpc) is 3.99. The van der Waals surface area contributed by atoms with E-state index in [0.29, 0.717) is 32.9 Å². The second-order valence-corrected chi connectivity index (χ2v) is 16.0. The first-order valence-electron chi connectivity index (χ1n) is 19.7. The maximum atomic E-state index is 15.0. The lowest BCUT2D eigenvalue weighted by molar-refractivity contribution is -0.117. The lowest BCUT2D eigenvalue weighted by Gasteiger charge is -2.37. The van der Waals surface area contributed by atoms with E-state index in [-0.39, 0.29) is 37.4 Å². The highest BCUT2D eigenvalue weighted by molar-refractivity contribution is 6.37. The first kappa shape index (κ1) is 41.9. The number of halogens is 4. The Bertz CT molecular complexity index is 2380. The molecular formula is C44H44Cl2F2N8O5. The van der Waals surface area contributed by atoms with Crippen LogP contribution in [0.1, 0.15) is 19.4 Å². The Morgan fingerprint density at radius 2 is 1.62 bits per heavy atom. The topological polar surface area (TPSA) is 110 Å². The van der Waals surface area contributed by atoms with Gasteiger partial charge in [-0.05, 0) is 74.5 Å². The molecule has 318 valence electrons. The average molecular weight is 874 g/mol. The van der Waals surface area contributed by atoms with Gasteiger partial charge in [-0.2, -0.15) is 5.10 Å². The molecule has 1 aromatic heterocycles. The number of nitrogens with zero attached hydrogens (tertiary/aromatic N) is 7. The Balaban J connectivity index is 0.864. The van der Waals surface area contributed by atoms with Crippen LogP contribution in [0.3, 0.4) is 0 Å². The number of amides is 2. The van der Waals surface area contributed by atoms with Crippen LogP contribution in [0.4, 0.5) is 36.3 Å². The number of nitrogens with one attached hydrogen (secondary N) is 1. The van der Waals surface area contributed by atoms with E-state index < -0.39 is 35.7 Å². The van der Waals surface area contributed by atoms with E-state index in [1.54, 1.807) is 21.9 Å². The number of urea groups is 1. The quantitative estimate of drug-likeness (QED) is 0.119. The second-order valence-electron chi connectivity index (χ2n) is 15.2. The molecule has 3 aliphatic heterocycles. The molecule has 8 rings (SSSR count). The largest absolute Gasteiger partial charge is 0.495 e. The van der Waals surface area contributed by atoms with Gasteiger partial charge in [-0.15, -0.1) is 6.42 Å². The third kappa shape index (κ3) is 8.58. The molecule has 13 nitrogen and oxygen atoms in total. The maximum absolute atomic E-state index is 15.0. The summed E-state index contributed by atoms with van der Waals surface area (Å²) in [6.45, 7) is 7.21. The van der Waals surface area contributed by atoms with Gasteiger partial charge in [-0.3, -0.25) is 9.80 Å². The van der Waals surface area contributed by atoms with Gasteiger partial charge in [-0.25, -0.2) is 23.2 Å². The van der Waals surface area contributed by atoms with E-state index >= 15 is 0 Å². The molecule has 4 atom stereocenters. The number of carbonyl (C=O) groups is 1. The molecular weight excluding hydrogens is 829 g/mol. The predicted molar refractivity (Wildman–Crippen MR) is 230 cm³/mol. The number of terminal acetylenes is 1. The van der Waals surface area contributed by atoms with E-state index in [1.807, 2.05) is 62.4 Å². The molecule has 3 aliphatic rings. The normalized spacial score (nSPS) is 21.6. The molecule has 0 saturated carbocycles. The summed E-state index contributed by atoms with van der Waals surface area (Å²) in [4.78, 5) is 25.9. The molecule has 17 heteroatoms. The number of methoxy groups -OCH3 is 1. The highest BCUT2D eigenvalue weighted by Crippen LogP contribution is 2.39. The number of anilines is 4. The molecule has 1 N–H and O–H groups in total. The Kier molecular flexibility index (Phi) is 12.1. The molecule has 0 aliphatic carbocycles. The van der Waals surface area contributed by atoms with Crippen molar-refractivity contribution in [3.05, 3.63) is 119 Å². The van der Waals surface area contributed by atoms with Gasteiger partial charge in [-0.1, -0.05) is 35.2 Å². The molecule has 0 radical (unpaired) electrons. The smallest absolute Gasteiger partial charge is 0.327 e. The number of aromatic nitrogens is 3. The number of hydrogen-bond acceptors (Lipinski definition) is 10. The molecule has 0 bridgehead atoms. The van der Waals surface area contributed by atoms with Crippen LogP contribution in [-0.4, -0.2) is 96.7 Å². The minimum atomic E-state index is -1.26. The van der Waals surface area contributed by atoms with Crippen molar-refractivity contribution in [2.24, 2.45) is 0 Å². The van der Waals surface area contributed by atoms with Crippen LogP contribution in [0, 0.1) is 24.0 Å². The highest BCUT2D eigenvalue weighted by atomic mass is 35.5. The van der Waals surface area contributed by atoms with Crippen molar-refractivity contribution in [2.75, 3.05) is 66.5 Å². The van der Waals surface area contributed by atoms with Gasteiger partial charge in [0.1, 0.15) is 60.2 Å². The predicted octanol–water partition coefficient (Wildman–Crippen LogP) is 7.64. The number of piperazine rings is 1. The van der Waals surface area contributed by atoms with E-state index in [0.717, 1.165) is 43.6 Å². The van der Waals surface area contributed by atoms with Crippen LogP contribution in [0.25, 0.3) is 0 Å². The molecule has 3 fully saturated rings. The molecule has 2 amide bonds. The summed E-state index contributed by atoms with van der Waals surface area (Å²) in [5.41, 5.74) is 2.23. The number of carbonyl (C=O) groups excluding carboxylic acids is 1. The van der Waals surface area contributed by atoms with Gasteiger partial charge in [0.15, 0.2) is 6.29 Å². The van der Waals surface area contributed by atoms with Crippen molar-refractivity contribution in [2.45, 2.75) is 50.5 Å². The first-order valence-corrected chi connectivity index (χ1v) is 20.5. The Morgan fingerprint density at radius 3 is 2.23 bits per heavy atom. The molecule has 4 aromatic carbocycles. The fraction of sp³-hybridized carbons (Fsp3) is 0.341. The van der Waals surface area contributed by atoms with Gasteiger partial charge < -0.3 is 34.1 Å². The van der Waals surface area contributed by atoms with Gasteiger partial charge in [0.2, 0.25) is 0 Å². The van der Waals surface area contributed by atoms with Crippen molar-refractivity contribution >= 4 is 52.0 Å². The number of rotatable bonds is 13.